The lowest BCUT2D eigenvalue weighted by atomic mass is 10.2. The molecule has 1 amide bonds. The number of hydrogen-bond acceptors (Lipinski definition) is 4. The molecule has 0 unspecified atom stereocenters. The van der Waals surface area contributed by atoms with Crippen LogP contribution in [0.4, 0.5) is 8.78 Å². The summed E-state index contributed by atoms with van der Waals surface area (Å²) in [4.78, 5) is 16.5. The Bertz CT molecular complexity index is 926. The van der Waals surface area contributed by atoms with E-state index in [2.05, 4.69) is 41.5 Å². The Labute approximate surface area is 164 Å². The van der Waals surface area contributed by atoms with Crippen LogP contribution in [0.5, 0.6) is 0 Å². The summed E-state index contributed by atoms with van der Waals surface area (Å²) in [5.41, 5.74) is 3.38. The van der Waals surface area contributed by atoms with Gasteiger partial charge in [-0.25, -0.2) is 13.8 Å². The zero-order valence-electron chi connectivity index (χ0n) is 14.7. The molecule has 0 fully saturated rings. The SMILES string of the molecule is Cc1ccc(CSc2nc(CC(=O)NCc3ccc(F)cc3F)cs2)cc1. The van der Waals surface area contributed by atoms with Crippen LogP contribution in [-0.4, -0.2) is 10.9 Å². The summed E-state index contributed by atoms with van der Waals surface area (Å²) in [7, 11) is 0. The van der Waals surface area contributed by atoms with E-state index >= 15 is 0 Å². The lowest BCUT2D eigenvalue weighted by Crippen LogP contribution is -2.25. The average molecular weight is 405 g/mol. The molecule has 0 spiro atoms. The van der Waals surface area contributed by atoms with Crippen LogP contribution in [0.15, 0.2) is 52.2 Å². The van der Waals surface area contributed by atoms with Gasteiger partial charge in [0.1, 0.15) is 16.0 Å². The van der Waals surface area contributed by atoms with Crippen LogP contribution < -0.4 is 5.32 Å². The number of nitrogens with one attached hydrogen (secondary N) is 1. The lowest BCUT2D eigenvalue weighted by molar-refractivity contribution is -0.120. The Morgan fingerprint density at radius 1 is 1.19 bits per heavy atom. The second kappa shape index (κ2) is 9.10. The molecular formula is C20H18F2N2OS2. The van der Waals surface area contributed by atoms with Gasteiger partial charge < -0.3 is 5.32 Å². The van der Waals surface area contributed by atoms with Gasteiger partial charge in [0.15, 0.2) is 0 Å². The normalized spacial score (nSPS) is 10.8. The topological polar surface area (TPSA) is 42.0 Å². The molecule has 0 aliphatic rings. The van der Waals surface area contributed by atoms with E-state index in [0.29, 0.717) is 5.69 Å². The van der Waals surface area contributed by atoms with E-state index in [1.54, 1.807) is 11.8 Å². The molecule has 140 valence electrons. The highest BCUT2D eigenvalue weighted by Gasteiger charge is 2.10. The Hall–Kier alpha value is -2.25. The van der Waals surface area contributed by atoms with Gasteiger partial charge in [0.05, 0.1) is 12.1 Å². The zero-order chi connectivity index (χ0) is 19.2. The fourth-order valence-electron chi connectivity index (χ4n) is 2.35. The quantitative estimate of drug-likeness (QED) is 0.571. The zero-order valence-corrected chi connectivity index (χ0v) is 16.3. The monoisotopic (exact) mass is 404 g/mol. The third-order valence-corrected chi connectivity index (χ3v) is 5.99. The van der Waals surface area contributed by atoms with E-state index < -0.39 is 11.6 Å². The molecular weight excluding hydrogens is 386 g/mol. The Kier molecular flexibility index (Phi) is 6.58. The molecule has 2 aromatic carbocycles. The summed E-state index contributed by atoms with van der Waals surface area (Å²) >= 11 is 3.13. The van der Waals surface area contributed by atoms with Crippen LogP contribution in [0.3, 0.4) is 0 Å². The lowest BCUT2D eigenvalue weighted by Gasteiger charge is -2.05. The molecule has 3 nitrogen and oxygen atoms in total. The van der Waals surface area contributed by atoms with Crippen molar-refractivity contribution in [3.05, 3.63) is 81.9 Å². The second-order valence-electron chi connectivity index (χ2n) is 6.07. The number of carbonyl (C=O) groups is 1. The van der Waals surface area contributed by atoms with E-state index in [-0.39, 0.29) is 24.4 Å². The molecule has 1 heterocycles. The van der Waals surface area contributed by atoms with Crippen molar-refractivity contribution in [1.29, 1.82) is 0 Å². The maximum absolute atomic E-state index is 13.6. The number of hydrogen-bond donors (Lipinski definition) is 1. The van der Waals surface area contributed by atoms with Crippen LogP contribution in [0.25, 0.3) is 0 Å². The summed E-state index contributed by atoms with van der Waals surface area (Å²) < 4.78 is 27.4. The number of aryl methyl sites for hydroxylation is 1. The van der Waals surface area contributed by atoms with Crippen LogP contribution in [0.2, 0.25) is 0 Å². The number of thioether (sulfide) groups is 1. The van der Waals surface area contributed by atoms with E-state index in [0.717, 1.165) is 16.2 Å². The van der Waals surface area contributed by atoms with Crippen molar-refractivity contribution in [3.63, 3.8) is 0 Å². The van der Waals surface area contributed by atoms with E-state index in [1.807, 2.05) is 5.38 Å². The molecule has 0 atom stereocenters. The standard InChI is InChI=1S/C20H18F2N2OS2/c1-13-2-4-14(5-3-13)11-26-20-24-17(12-27-20)9-19(25)23-10-15-6-7-16(21)8-18(15)22/h2-8,12H,9-11H2,1H3,(H,23,25). The maximum atomic E-state index is 13.6. The number of carbonyl (C=O) groups excluding carboxylic acids is 1. The molecule has 1 N–H and O–H groups in total. The van der Waals surface area contributed by atoms with Crippen molar-refractivity contribution in [2.24, 2.45) is 0 Å². The van der Waals surface area contributed by atoms with Crippen LogP contribution in [0, 0.1) is 18.6 Å². The van der Waals surface area contributed by atoms with Gasteiger partial charge in [-0.05, 0) is 18.6 Å². The van der Waals surface area contributed by atoms with E-state index in [9.17, 15) is 13.6 Å². The van der Waals surface area contributed by atoms with E-state index in [4.69, 9.17) is 0 Å². The van der Waals surface area contributed by atoms with Gasteiger partial charge in [0.2, 0.25) is 5.91 Å². The molecule has 0 radical (unpaired) electrons. The highest BCUT2D eigenvalue weighted by molar-refractivity contribution is 8.00. The summed E-state index contributed by atoms with van der Waals surface area (Å²) in [6.45, 7) is 2.07. The first-order valence-electron chi connectivity index (χ1n) is 8.33. The molecule has 0 bridgehead atoms. The largest absolute Gasteiger partial charge is 0.352 e. The first kappa shape index (κ1) is 19.5. The predicted molar refractivity (Wildman–Crippen MR) is 105 cm³/mol. The second-order valence-corrected chi connectivity index (χ2v) is 8.15. The first-order chi connectivity index (χ1) is 13.0. The average Bonchev–Trinajstić information content (AvgIpc) is 3.08. The number of halogens is 2. The van der Waals surface area contributed by atoms with Crippen LogP contribution >= 0.6 is 23.1 Å². The van der Waals surface area contributed by atoms with Crippen molar-refractivity contribution >= 4 is 29.0 Å². The summed E-state index contributed by atoms with van der Waals surface area (Å²) in [6, 6.07) is 11.7. The minimum atomic E-state index is -0.668. The van der Waals surface area contributed by atoms with Gasteiger partial charge in [0.25, 0.3) is 0 Å². The van der Waals surface area contributed by atoms with Gasteiger partial charge in [-0.1, -0.05) is 47.7 Å². The molecule has 0 saturated heterocycles. The molecule has 1 aromatic heterocycles. The van der Waals surface area contributed by atoms with Crippen molar-refractivity contribution < 1.29 is 13.6 Å². The first-order valence-corrected chi connectivity index (χ1v) is 10.2. The van der Waals surface area contributed by atoms with Crippen molar-refractivity contribution in [1.82, 2.24) is 10.3 Å². The van der Waals surface area contributed by atoms with Crippen molar-refractivity contribution in [3.8, 4) is 0 Å². The molecule has 0 saturated carbocycles. The number of nitrogens with zero attached hydrogens (tertiary/aromatic N) is 1. The molecule has 0 aliphatic carbocycles. The molecule has 7 heteroatoms. The maximum Gasteiger partial charge on any atom is 0.226 e. The molecule has 3 rings (SSSR count). The molecule has 3 aromatic rings. The summed E-state index contributed by atoms with van der Waals surface area (Å²) in [5, 5.41) is 4.49. The minimum Gasteiger partial charge on any atom is -0.352 e. The fourth-order valence-corrected chi connectivity index (χ4v) is 4.15. The van der Waals surface area contributed by atoms with Crippen LogP contribution in [0.1, 0.15) is 22.4 Å². The van der Waals surface area contributed by atoms with Crippen LogP contribution in [-0.2, 0) is 23.5 Å². The number of benzene rings is 2. The number of thiazole rings is 1. The number of aromatic nitrogens is 1. The van der Waals surface area contributed by atoms with Gasteiger partial charge >= 0.3 is 0 Å². The predicted octanol–water partition coefficient (Wildman–Crippen LogP) is 4.88. The van der Waals surface area contributed by atoms with Gasteiger partial charge in [-0.3, -0.25) is 4.79 Å². The van der Waals surface area contributed by atoms with Crippen molar-refractivity contribution in [2.45, 2.75) is 30.0 Å². The third-order valence-electron chi connectivity index (χ3n) is 3.85. The fraction of sp³-hybridized carbons (Fsp3) is 0.200. The highest BCUT2D eigenvalue weighted by atomic mass is 32.2. The molecule has 27 heavy (non-hydrogen) atoms. The highest BCUT2D eigenvalue weighted by Crippen LogP contribution is 2.26. The minimum absolute atomic E-state index is 0.0180. The Morgan fingerprint density at radius 2 is 1.96 bits per heavy atom. The van der Waals surface area contributed by atoms with E-state index in [1.165, 1.54) is 34.6 Å². The van der Waals surface area contributed by atoms with Gasteiger partial charge in [-0.15, -0.1) is 11.3 Å². The van der Waals surface area contributed by atoms with Gasteiger partial charge in [0, 0.05) is 29.3 Å². The Morgan fingerprint density at radius 3 is 2.70 bits per heavy atom. The third kappa shape index (κ3) is 5.87. The number of rotatable bonds is 7. The van der Waals surface area contributed by atoms with Crippen molar-refractivity contribution in [2.75, 3.05) is 0 Å². The summed E-state index contributed by atoms with van der Waals surface area (Å²) in [5.74, 6) is -0.734. The summed E-state index contributed by atoms with van der Waals surface area (Å²) in [6.07, 6.45) is 0.129. The smallest absolute Gasteiger partial charge is 0.226 e. The van der Waals surface area contributed by atoms with Gasteiger partial charge in [-0.2, -0.15) is 0 Å². The number of amides is 1. The Balaban J connectivity index is 1.48. The molecule has 0 aliphatic heterocycles.